The number of carboxylic acids is 1. The third-order valence-corrected chi connectivity index (χ3v) is 2.83. The van der Waals surface area contributed by atoms with Crippen LogP contribution in [0.4, 0.5) is 0 Å². The zero-order chi connectivity index (χ0) is 14.6. The number of aromatic carboxylic acids is 1. The van der Waals surface area contributed by atoms with E-state index < -0.39 is 11.9 Å². The zero-order valence-electron chi connectivity index (χ0n) is 11.4. The third kappa shape index (κ3) is 3.44. The van der Waals surface area contributed by atoms with Gasteiger partial charge in [0.15, 0.2) is 0 Å². The Morgan fingerprint density at radius 3 is 2.21 bits per heavy atom. The lowest BCUT2D eigenvalue weighted by Crippen LogP contribution is -2.11. The maximum atomic E-state index is 11.6. The Hall–Kier alpha value is -2.10. The van der Waals surface area contributed by atoms with Gasteiger partial charge in [0.05, 0.1) is 5.56 Å². The van der Waals surface area contributed by atoms with Gasteiger partial charge >= 0.3 is 11.9 Å². The topological polar surface area (TPSA) is 63.6 Å². The van der Waals surface area contributed by atoms with Crippen LogP contribution in [0, 0.1) is 0 Å². The molecule has 0 aliphatic carbocycles. The van der Waals surface area contributed by atoms with Crippen molar-refractivity contribution >= 4 is 11.9 Å². The minimum Gasteiger partial charge on any atom is -0.478 e. The molecule has 0 radical (unpaired) electrons. The van der Waals surface area contributed by atoms with Gasteiger partial charge in [-0.1, -0.05) is 20.4 Å². The largest absolute Gasteiger partial charge is 0.478 e. The van der Waals surface area contributed by atoms with E-state index in [0.717, 1.165) is 0 Å². The highest BCUT2D eigenvalue weighted by Crippen LogP contribution is 2.26. The third-order valence-electron chi connectivity index (χ3n) is 2.83. The molecule has 0 saturated heterocycles. The number of aryl methyl sites for hydroxylation is 2. The second-order valence-electron chi connectivity index (χ2n) is 4.30. The van der Waals surface area contributed by atoms with Crippen LogP contribution in [-0.4, -0.2) is 17.0 Å². The fourth-order valence-corrected chi connectivity index (χ4v) is 1.72. The predicted octanol–water partition coefficient (Wildman–Crippen LogP) is 2.99. The quantitative estimate of drug-likeness (QED) is 0.503. The molecule has 102 valence electrons. The van der Waals surface area contributed by atoms with Crippen molar-refractivity contribution in [3.63, 3.8) is 0 Å². The standard InChI is InChI=1S/C15H18O4/c1-5-10-8-13(19-15(18)9(3)4)11(6-2)7-12(10)14(16)17/h7-8H,3,5-6H2,1-2,4H3,(H,16,17). The number of hydrogen-bond acceptors (Lipinski definition) is 3. The van der Waals surface area contributed by atoms with Crippen LogP contribution < -0.4 is 4.74 Å². The Labute approximate surface area is 112 Å². The molecule has 0 heterocycles. The van der Waals surface area contributed by atoms with E-state index in [-0.39, 0.29) is 5.56 Å². The Morgan fingerprint density at radius 1 is 1.21 bits per heavy atom. The molecule has 1 aromatic carbocycles. The molecule has 0 amide bonds. The van der Waals surface area contributed by atoms with Crippen molar-refractivity contribution in [2.75, 3.05) is 0 Å². The molecule has 4 nitrogen and oxygen atoms in total. The lowest BCUT2D eigenvalue weighted by Gasteiger charge is -2.13. The minimum absolute atomic E-state index is 0.259. The first-order valence-electron chi connectivity index (χ1n) is 6.17. The monoisotopic (exact) mass is 262 g/mol. The second kappa shape index (κ2) is 6.18. The number of hydrogen-bond donors (Lipinski definition) is 1. The average Bonchev–Trinajstić information content (AvgIpc) is 2.37. The number of carbonyl (C=O) groups is 2. The van der Waals surface area contributed by atoms with E-state index in [0.29, 0.717) is 35.3 Å². The molecule has 0 spiro atoms. The van der Waals surface area contributed by atoms with Crippen LogP contribution in [0.3, 0.4) is 0 Å². The average molecular weight is 262 g/mol. The van der Waals surface area contributed by atoms with E-state index in [2.05, 4.69) is 6.58 Å². The summed E-state index contributed by atoms with van der Waals surface area (Å²) in [5.74, 6) is -1.05. The lowest BCUT2D eigenvalue weighted by atomic mass is 9.99. The van der Waals surface area contributed by atoms with E-state index in [1.807, 2.05) is 13.8 Å². The molecule has 1 N–H and O–H groups in total. The van der Waals surface area contributed by atoms with Gasteiger partial charge in [-0.05, 0) is 43.0 Å². The van der Waals surface area contributed by atoms with Gasteiger partial charge in [0, 0.05) is 5.57 Å². The number of carbonyl (C=O) groups excluding carboxylic acids is 1. The molecule has 0 aliphatic heterocycles. The fourth-order valence-electron chi connectivity index (χ4n) is 1.72. The van der Waals surface area contributed by atoms with Crippen LogP contribution in [0.1, 0.15) is 42.3 Å². The van der Waals surface area contributed by atoms with Gasteiger partial charge in [0.2, 0.25) is 0 Å². The van der Waals surface area contributed by atoms with E-state index in [1.54, 1.807) is 19.1 Å². The van der Waals surface area contributed by atoms with Crippen LogP contribution in [0.2, 0.25) is 0 Å². The number of ether oxygens (including phenoxy) is 1. The SMILES string of the molecule is C=C(C)C(=O)Oc1cc(CC)c(C(=O)O)cc1CC. The van der Waals surface area contributed by atoms with Gasteiger partial charge in [-0.25, -0.2) is 9.59 Å². The van der Waals surface area contributed by atoms with E-state index >= 15 is 0 Å². The highest BCUT2D eigenvalue weighted by atomic mass is 16.5. The Balaban J connectivity index is 3.28. The van der Waals surface area contributed by atoms with Crippen LogP contribution in [0.5, 0.6) is 5.75 Å². The van der Waals surface area contributed by atoms with Crippen LogP contribution in [-0.2, 0) is 17.6 Å². The summed E-state index contributed by atoms with van der Waals surface area (Å²) in [7, 11) is 0. The molecule has 1 rings (SSSR count). The highest BCUT2D eigenvalue weighted by Gasteiger charge is 2.16. The molecule has 0 fully saturated rings. The van der Waals surface area contributed by atoms with Gasteiger partial charge in [-0.3, -0.25) is 0 Å². The molecular formula is C15H18O4. The Bertz CT molecular complexity index is 529. The minimum atomic E-state index is -0.968. The van der Waals surface area contributed by atoms with Crippen LogP contribution >= 0.6 is 0 Å². The number of carboxylic acid groups (broad SMARTS) is 1. The van der Waals surface area contributed by atoms with Gasteiger partial charge < -0.3 is 9.84 Å². The predicted molar refractivity (Wildman–Crippen MR) is 72.6 cm³/mol. The summed E-state index contributed by atoms with van der Waals surface area (Å²) in [6.07, 6.45) is 1.15. The fraction of sp³-hybridized carbons (Fsp3) is 0.333. The molecule has 0 atom stereocenters. The Morgan fingerprint density at radius 2 is 1.79 bits per heavy atom. The van der Waals surface area contributed by atoms with E-state index in [1.165, 1.54) is 0 Å². The van der Waals surface area contributed by atoms with Crippen molar-refractivity contribution in [3.8, 4) is 5.75 Å². The summed E-state index contributed by atoms with van der Waals surface area (Å²) in [5.41, 5.74) is 1.91. The summed E-state index contributed by atoms with van der Waals surface area (Å²) in [6.45, 7) is 8.83. The summed E-state index contributed by atoms with van der Waals surface area (Å²) in [6, 6.07) is 3.20. The molecular weight excluding hydrogens is 244 g/mol. The van der Waals surface area contributed by atoms with Crippen LogP contribution in [0.15, 0.2) is 24.3 Å². The van der Waals surface area contributed by atoms with Crippen molar-refractivity contribution in [1.82, 2.24) is 0 Å². The summed E-state index contributed by atoms with van der Waals surface area (Å²) in [5, 5.41) is 9.16. The zero-order valence-corrected chi connectivity index (χ0v) is 11.4. The highest BCUT2D eigenvalue weighted by molar-refractivity contribution is 5.91. The van der Waals surface area contributed by atoms with Crippen molar-refractivity contribution in [2.45, 2.75) is 33.6 Å². The second-order valence-corrected chi connectivity index (χ2v) is 4.30. The summed E-state index contributed by atoms with van der Waals surface area (Å²) >= 11 is 0. The van der Waals surface area contributed by atoms with Crippen molar-refractivity contribution in [2.24, 2.45) is 0 Å². The van der Waals surface area contributed by atoms with Gasteiger partial charge in [-0.2, -0.15) is 0 Å². The molecule has 0 aliphatic rings. The number of rotatable bonds is 5. The molecule has 0 aromatic heterocycles. The van der Waals surface area contributed by atoms with Gasteiger partial charge in [-0.15, -0.1) is 0 Å². The van der Waals surface area contributed by atoms with E-state index in [9.17, 15) is 9.59 Å². The molecule has 1 aromatic rings. The number of benzene rings is 1. The molecule has 0 saturated carbocycles. The number of esters is 1. The molecule has 19 heavy (non-hydrogen) atoms. The van der Waals surface area contributed by atoms with Crippen molar-refractivity contribution in [3.05, 3.63) is 41.0 Å². The Kier molecular flexibility index (Phi) is 4.87. The summed E-state index contributed by atoms with van der Waals surface area (Å²) < 4.78 is 5.24. The van der Waals surface area contributed by atoms with Gasteiger partial charge in [0.1, 0.15) is 5.75 Å². The molecule has 4 heteroatoms. The maximum absolute atomic E-state index is 11.6. The first kappa shape index (κ1) is 15.0. The van der Waals surface area contributed by atoms with E-state index in [4.69, 9.17) is 9.84 Å². The lowest BCUT2D eigenvalue weighted by molar-refractivity contribution is -0.130. The van der Waals surface area contributed by atoms with Crippen molar-refractivity contribution < 1.29 is 19.4 Å². The van der Waals surface area contributed by atoms with Gasteiger partial charge in [0.25, 0.3) is 0 Å². The normalized spacial score (nSPS) is 10.1. The first-order chi connectivity index (χ1) is 8.90. The molecule has 0 bridgehead atoms. The first-order valence-corrected chi connectivity index (χ1v) is 6.17. The van der Waals surface area contributed by atoms with Crippen molar-refractivity contribution in [1.29, 1.82) is 0 Å². The summed E-state index contributed by atoms with van der Waals surface area (Å²) in [4.78, 5) is 22.7. The maximum Gasteiger partial charge on any atom is 0.338 e. The molecule has 0 unspecified atom stereocenters. The van der Waals surface area contributed by atoms with Crippen LogP contribution in [0.25, 0.3) is 0 Å². The smallest absolute Gasteiger partial charge is 0.338 e.